The number of rotatable bonds is 5. The van der Waals surface area contributed by atoms with Gasteiger partial charge in [0.25, 0.3) is 0 Å². The standard InChI is InChI=1S/C11H19NO/c1-2-3-4-5-11(13)9-6-7-10(12)8-9/h2,9-10H,1,3-8,12H2. The number of hydrogen-bond donors (Lipinski definition) is 1. The Balaban J connectivity index is 2.19. The molecule has 13 heavy (non-hydrogen) atoms. The highest BCUT2D eigenvalue weighted by atomic mass is 16.1. The van der Waals surface area contributed by atoms with E-state index < -0.39 is 0 Å². The molecule has 0 aromatic carbocycles. The molecule has 1 aliphatic carbocycles. The van der Waals surface area contributed by atoms with Crippen molar-refractivity contribution in [2.45, 2.75) is 44.6 Å². The molecule has 0 aromatic rings. The van der Waals surface area contributed by atoms with E-state index in [1.165, 1.54) is 0 Å². The van der Waals surface area contributed by atoms with Gasteiger partial charge in [-0.05, 0) is 32.1 Å². The molecule has 0 radical (unpaired) electrons. The molecule has 2 atom stereocenters. The second-order valence-corrected chi connectivity index (χ2v) is 3.92. The minimum atomic E-state index is 0.264. The van der Waals surface area contributed by atoms with E-state index in [1.54, 1.807) is 0 Å². The lowest BCUT2D eigenvalue weighted by Gasteiger charge is -2.06. The number of carbonyl (C=O) groups excluding carboxylic acids is 1. The highest BCUT2D eigenvalue weighted by Crippen LogP contribution is 2.26. The Morgan fingerprint density at radius 3 is 2.85 bits per heavy atom. The van der Waals surface area contributed by atoms with Crippen molar-refractivity contribution in [3.8, 4) is 0 Å². The van der Waals surface area contributed by atoms with Crippen LogP contribution in [-0.2, 0) is 4.79 Å². The molecule has 74 valence electrons. The first kappa shape index (κ1) is 10.5. The van der Waals surface area contributed by atoms with E-state index in [0.717, 1.165) is 32.1 Å². The van der Waals surface area contributed by atoms with Crippen molar-refractivity contribution >= 4 is 5.78 Å². The summed E-state index contributed by atoms with van der Waals surface area (Å²) < 4.78 is 0. The second-order valence-electron chi connectivity index (χ2n) is 3.92. The van der Waals surface area contributed by atoms with Crippen molar-refractivity contribution in [1.82, 2.24) is 0 Å². The van der Waals surface area contributed by atoms with Gasteiger partial charge in [-0.1, -0.05) is 6.08 Å². The summed E-state index contributed by atoms with van der Waals surface area (Å²) in [5, 5.41) is 0. The molecule has 1 aliphatic rings. The third-order valence-electron chi connectivity index (χ3n) is 2.76. The lowest BCUT2D eigenvalue weighted by atomic mass is 9.98. The van der Waals surface area contributed by atoms with Crippen LogP contribution >= 0.6 is 0 Å². The van der Waals surface area contributed by atoms with Crippen molar-refractivity contribution in [3.63, 3.8) is 0 Å². The zero-order chi connectivity index (χ0) is 9.68. The Kier molecular flexibility index (Phi) is 4.16. The van der Waals surface area contributed by atoms with Crippen LogP contribution < -0.4 is 5.73 Å². The predicted octanol–water partition coefficient (Wildman–Crippen LogP) is 2.04. The third kappa shape index (κ3) is 3.31. The fourth-order valence-electron chi connectivity index (χ4n) is 1.93. The molecule has 0 aliphatic heterocycles. The first-order valence-corrected chi connectivity index (χ1v) is 5.13. The van der Waals surface area contributed by atoms with E-state index in [1.807, 2.05) is 6.08 Å². The summed E-state index contributed by atoms with van der Waals surface area (Å²) in [7, 11) is 0. The average molecular weight is 181 g/mol. The molecule has 2 unspecified atom stereocenters. The Labute approximate surface area is 80.2 Å². The van der Waals surface area contributed by atoms with Gasteiger partial charge in [0.1, 0.15) is 5.78 Å². The summed E-state index contributed by atoms with van der Waals surface area (Å²) in [6, 6.07) is 0.272. The smallest absolute Gasteiger partial charge is 0.136 e. The van der Waals surface area contributed by atoms with Crippen molar-refractivity contribution in [1.29, 1.82) is 0 Å². The van der Waals surface area contributed by atoms with Gasteiger partial charge < -0.3 is 5.73 Å². The monoisotopic (exact) mass is 181 g/mol. The molecule has 1 fully saturated rings. The molecule has 0 saturated heterocycles. The lowest BCUT2D eigenvalue weighted by Crippen LogP contribution is -2.17. The van der Waals surface area contributed by atoms with E-state index in [2.05, 4.69) is 6.58 Å². The van der Waals surface area contributed by atoms with Gasteiger partial charge in [0.2, 0.25) is 0 Å². The van der Waals surface area contributed by atoms with Crippen LogP contribution in [0.25, 0.3) is 0 Å². The van der Waals surface area contributed by atoms with Crippen LogP contribution in [0.15, 0.2) is 12.7 Å². The average Bonchev–Trinajstić information content (AvgIpc) is 2.52. The molecular formula is C11H19NO. The maximum Gasteiger partial charge on any atom is 0.136 e. The van der Waals surface area contributed by atoms with Crippen molar-refractivity contribution in [2.75, 3.05) is 0 Å². The predicted molar refractivity (Wildman–Crippen MR) is 54.4 cm³/mol. The van der Waals surface area contributed by atoms with Crippen LogP contribution in [0.1, 0.15) is 38.5 Å². The highest BCUT2D eigenvalue weighted by Gasteiger charge is 2.26. The second kappa shape index (κ2) is 5.18. The summed E-state index contributed by atoms with van der Waals surface area (Å²) in [5.74, 6) is 0.676. The maximum absolute atomic E-state index is 11.6. The number of Topliss-reactive ketones (excluding diaryl/α,β-unsaturated/α-hetero) is 1. The molecule has 2 heteroatoms. The molecule has 0 spiro atoms. The number of nitrogens with two attached hydrogens (primary N) is 1. The summed E-state index contributed by atoms with van der Waals surface area (Å²) in [6.45, 7) is 3.64. The van der Waals surface area contributed by atoms with Gasteiger partial charge in [-0.3, -0.25) is 4.79 Å². The van der Waals surface area contributed by atoms with Crippen molar-refractivity contribution in [2.24, 2.45) is 11.7 Å². The minimum Gasteiger partial charge on any atom is -0.328 e. The van der Waals surface area contributed by atoms with E-state index >= 15 is 0 Å². The normalized spacial score (nSPS) is 27.5. The third-order valence-corrected chi connectivity index (χ3v) is 2.76. The number of carbonyl (C=O) groups is 1. The Bertz CT molecular complexity index is 189. The Hall–Kier alpha value is -0.630. The number of hydrogen-bond acceptors (Lipinski definition) is 2. The van der Waals surface area contributed by atoms with Crippen LogP contribution in [0.5, 0.6) is 0 Å². The molecule has 1 rings (SSSR count). The quantitative estimate of drug-likeness (QED) is 0.521. The molecule has 0 bridgehead atoms. The van der Waals surface area contributed by atoms with Gasteiger partial charge in [0.05, 0.1) is 0 Å². The number of unbranched alkanes of at least 4 members (excludes halogenated alkanes) is 1. The molecule has 0 amide bonds. The van der Waals surface area contributed by atoms with Crippen LogP contribution in [-0.4, -0.2) is 11.8 Å². The van der Waals surface area contributed by atoms with Gasteiger partial charge in [0.15, 0.2) is 0 Å². The largest absolute Gasteiger partial charge is 0.328 e. The van der Waals surface area contributed by atoms with Gasteiger partial charge in [-0.2, -0.15) is 0 Å². The fraction of sp³-hybridized carbons (Fsp3) is 0.727. The molecular weight excluding hydrogens is 162 g/mol. The molecule has 2 N–H and O–H groups in total. The highest BCUT2D eigenvalue weighted by molar-refractivity contribution is 5.81. The maximum atomic E-state index is 11.6. The van der Waals surface area contributed by atoms with E-state index in [0.29, 0.717) is 12.2 Å². The van der Waals surface area contributed by atoms with Crippen LogP contribution in [0.3, 0.4) is 0 Å². The number of ketones is 1. The van der Waals surface area contributed by atoms with E-state index in [-0.39, 0.29) is 12.0 Å². The van der Waals surface area contributed by atoms with Gasteiger partial charge in [0, 0.05) is 18.4 Å². The van der Waals surface area contributed by atoms with Crippen LogP contribution in [0.2, 0.25) is 0 Å². The van der Waals surface area contributed by atoms with Gasteiger partial charge >= 0.3 is 0 Å². The lowest BCUT2D eigenvalue weighted by molar-refractivity contribution is -0.122. The number of allylic oxidation sites excluding steroid dienone is 1. The topological polar surface area (TPSA) is 43.1 Å². The van der Waals surface area contributed by atoms with Gasteiger partial charge in [-0.25, -0.2) is 0 Å². The Morgan fingerprint density at radius 1 is 1.54 bits per heavy atom. The summed E-state index contributed by atoms with van der Waals surface area (Å²) in [5.41, 5.74) is 5.75. The van der Waals surface area contributed by atoms with Crippen LogP contribution in [0, 0.1) is 5.92 Å². The molecule has 0 heterocycles. The van der Waals surface area contributed by atoms with E-state index in [4.69, 9.17) is 5.73 Å². The van der Waals surface area contributed by atoms with Crippen molar-refractivity contribution in [3.05, 3.63) is 12.7 Å². The minimum absolute atomic E-state index is 0.264. The zero-order valence-corrected chi connectivity index (χ0v) is 8.17. The summed E-state index contributed by atoms with van der Waals surface area (Å²) in [4.78, 5) is 11.6. The zero-order valence-electron chi connectivity index (χ0n) is 8.17. The van der Waals surface area contributed by atoms with E-state index in [9.17, 15) is 4.79 Å². The van der Waals surface area contributed by atoms with Crippen LogP contribution in [0.4, 0.5) is 0 Å². The summed E-state index contributed by atoms with van der Waals surface area (Å²) in [6.07, 6.45) is 7.43. The fourth-order valence-corrected chi connectivity index (χ4v) is 1.93. The first-order chi connectivity index (χ1) is 6.24. The SMILES string of the molecule is C=CCCCC(=O)C1CCC(N)C1. The molecule has 1 saturated carbocycles. The van der Waals surface area contributed by atoms with Crippen molar-refractivity contribution < 1.29 is 4.79 Å². The molecule has 0 aromatic heterocycles. The van der Waals surface area contributed by atoms with Gasteiger partial charge in [-0.15, -0.1) is 6.58 Å². The molecule has 2 nitrogen and oxygen atoms in total. The Morgan fingerprint density at radius 2 is 2.31 bits per heavy atom. The summed E-state index contributed by atoms with van der Waals surface area (Å²) >= 11 is 0. The first-order valence-electron chi connectivity index (χ1n) is 5.13.